The fraction of sp³-hybridized carbons (Fsp3) is 0.150. The Balaban J connectivity index is 1.78. The maximum atomic E-state index is 12.7. The summed E-state index contributed by atoms with van der Waals surface area (Å²) >= 11 is 1.37. The molecule has 7 heteroatoms. The van der Waals surface area contributed by atoms with Gasteiger partial charge in [-0.2, -0.15) is 0 Å². The van der Waals surface area contributed by atoms with Gasteiger partial charge in [-0.3, -0.25) is 14.6 Å². The van der Waals surface area contributed by atoms with Gasteiger partial charge in [-0.15, -0.1) is 11.3 Å². The second kappa shape index (κ2) is 8.46. The summed E-state index contributed by atoms with van der Waals surface area (Å²) in [6.45, 7) is 0.380. The minimum Gasteiger partial charge on any atom is -0.377 e. The van der Waals surface area contributed by atoms with Crippen molar-refractivity contribution in [3.63, 3.8) is 0 Å². The van der Waals surface area contributed by atoms with Gasteiger partial charge in [-0.1, -0.05) is 12.1 Å². The Hall–Kier alpha value is -3.19. The molecule has 2 N–H and O–H groups in total. The van der Waals surface area contributed by atoms with Gasteiger partial charge < -0.3 is 15.5 Å². The largest absolute Gasteiger partial charge is 0.377 e. The molecule has 0 saturated carbocycles. The first-order valence-corrected chi connectivity index (χ1v) is 9.26. The molecule has 0 radical (unpaired) electrons. The van der Waals surface area contributed by atoms with Crippen molar-refractivity contribution in [2.75, 3.05) is 24.3 Å². The van der Waals surface area contributed by atoms with E-state index in [2.05, 4.69) is 15.6 Å². The first-order chi connectivity index (χ1) is 13.0. The van der Waals surface area contributed by atoms with E-state index < -0.39 is 0 Å². The number of benzene rings is 1. The van der Waals surface area contributed by atoms with Crippen molar-refractivity contribution in [3.8, 4) is 0 Å². The van der Waals surface area contributed by atoms with Gasteiger partial charge in [-0.25, -0.2) is 0 Å². The average Bonchev–Trinajstić information content (AvgIpc) is 3.21. The lowest BCUT2D eigenvalue weighted by molar-refractivity contribution is 0.0950. The zero-order valence-corrected chi connectivity index (χ0v) is 15.9. The number of aromatic nitrogens is 1. The number of thiophene rings is 1. The maximum absolute atomic E-state index is 12.7. The van der Waals surface area contributed by atoms with E-state index in [4.69, 9.17) is 0 Å². The zero-order chi connectivity index (χ0) is 19.2. The van der Waals surface area contributed by atoms with Crippen molar-refractivity contribution in [2.45, 2.75) is 6.54 Å². The monoisotopic (exact) mass is 380 g/mol. The Kier molecular flexibility index (Phi) is 5.83. The van der Waals surface area contributed by atoms with Crippen LogP contribution < -0.4 is 15.5 Å². The standard InChI is InChI=1S/C20H20N4O2S/c1-24(2)17-8-7-15(23-20(26)18-6-4-10-27-18)11-16(17)19(25)22-13-14-5-3-9-21-12-14/h3-12H,13H2,1-2H3,(H,22,25)(H,23,26). The van der Waals surface area contributed by atoms with Crippen molar-refractivity contribution in [1.82, 2.24) is 10.3 Å². The highest BCUT2D eigenvalue weighted by atomic mass is 32.1. The Labute approximate surface area is 161 Å². The minimum atomic E-state index is -0.213. The van der Waals surface area contributed by atoms with E-state index in [1.807, 2.05) is 48.6 Å². The first kappa shape index (κ1) is 18.6. The molecular weight excluding hydrogens is 360 g/mol. The number of anilines is 2. The summed E-state index contributed by atoms with van der Waals surface area (Å²) in [6.07, 6.45) is 3.40. The lowest BCUT2D eigenvalue weighted by atomic mass is 10.1. The SMILES string of the molecule is CN(C)c1ccc(NC(=O)c2cccs2)cc1C(=O)NCc1cccnc1. The number of amides is 2. The van der Waals surface area contributed by atoms with Crippen LogP contribution in [0.5, 0.6) is 0 Å². The van der Waals surface area contributed by atoms with Crippen molar-refractivity contribution in [1.29, 1.82) is 0 Å². The highest BCUT2D eigenvalue weighted by Crippen LogP contribution is 2.24. The molecule has 0 atom stereocenters. The minimum absolute atomic E-state index is 0.190. The topological polar surface area (TPSA) is 74.3 Å². The molecular formula is C20H20N4O2S. The number of nitrogens with zero attached hydrogens (tertiary/aromatic N) is 2. The predicted octanol–water partition coefficient (Wildman–Crippen LogP) is 3.39. The summed E-state index contributed by atoms with van der Waals surface area (Å²) in [7, 11) is 3.74. The maximum Gasteiger partial charge on any atom is 0.265 e. The number of carbonyl (C=O) groups excluding carboxylic acids is 2. The smallest absolute Gasteiger partial charge is 0.265 e. The fourth-order valence-corrected chi connectivity index (χ4v) is 3.19. The third kappa shape index (κ3) is 4.71. The highest BCUT2D eigenvalue weighted by molar-refractivity contribution is 7.12. The average molecular weight is 380 g/mol. The van der Waals surface area contributed by atoms with Crippen LogP contribution in [-0.4, -0.2) is 30.9 Å². The van der Waals surface area contributed by atoms with Crippen LogP contribution in [0.1, 0.15) is 25.6 Å². The molecule has 1 aromatic carbocycles. The molecule has 0 bridgehead atoms. The van der Waals surface area contributed by atoms with Crippen LogP contribution in [0.15, 0.2) is 60.2 Å². The van der Waals surface area contributed by atoms with Crippen molar-refractivity contribution >= 4 is 34.5 Å². The quantitative estimate of drug-likeness (QED) is 0.687. The van der Waals surface area contributed by atoms with Gasteiger partial charge in [0.1, 0.15) is 0 Å². The van der Waals surface area contributed by atoms with E-state index in [-0.39, 0.29) is 11.8 Å². The summed E-state index contributed by atoms with van der Waals surface area (Å²) in [6, 6.07) is 12.6. The van der Waals surface area contributed by atoms with Crippen LogP contribution >= 0.6 is 11.3 Å². The number of hydrogen-bond acceptors (Lipinski definition) is 5. The van der Waals surface area contributed by atoms with Crippen LogP contribution in [-0.2, 0) is 6.54 Å². The molecule has 0 spiro atoms. The molecule has 0 unspecified atom stereocenters. The number of pyridine rings is 1. The Morgan fingerprint density at radius 1 is 1.11 bits per heavy atom. The van der Waals surface area contributed by atoms with Crippen LogP contribution in [0, 0.1) is 0 Å². The van der Waals surface area contributed by atoms with Crippen molar-refractivity contribution in [3.05, 3.63) is 76.2 Å². The summed E-state index contributed by atoms with van der Waals surface area (Å²) in [5, 5.41) is 7.59. The number of rotatable bonds is 6. The Bertz CT molecular complexity index is 924. The normalized spacial score (nSPS) is 10.3. The summed E-state index contributed by atoms with van der Waals surface area (Å²) < 4.78 is 0. The lowest BCUT2D eigenvalue weighted by Crippen LogP contribution is -2.25. The summed E-state index contributed by atoms with van der Waals surface area (Å²) in [5.41, 5.74) is 2.76. The predicted molar refractivity (Wildman–Crippen MR) is 108 cm³/mol. The molecule has 0 aliphatic heterocycles. The zero-order valence-electron chi connectivity index (χ0n) is 15.1. The second-order valence-corrected chi connectivity index (χ2v) is 7.05. The number of nitrogens with one attached hydrogen (secondary N) is 2. The van der Waals surface area contributed by atoms with Gasteiger partial charge >= 0.3 is 0 Å². The number of carbonyl (C=O) groups is 2. The van der Waals surface area contributed by atoms with Crippen LogP contribution in [0.2, 0.25) is 0 Å². The Morgan fingerprint density at radius 2 is 1.96 bits per heavy atom. The number of hydrogen-bond donors (Lipinski definition) is 2. The van der Waals surface area contributed by atoms with E-state index in [1.165, 1.54) is 11.3 Å². The van der Waals surface area contributed by atoms with E-state index in [0.717, 1.165) is 11.3 Å². The third-order valence-electron chi connectivity index (χ3n) is 3.90. The summed E-state index contributed by atoms with van der Waals surface area (Å²) in [5.74, 6) is -0.404. The van der Waals surface area contributed by atoms with Gasteiger partial charge in [0.15, 0.2) is 0 Å². The second-order valence-electron chi connectivity index (χ2n) is 6.10. The van der Waals surface area contributed by atoms with Gasteiger partial charge in [-0.05, 0) is 41.3 Å². The van der Waals surface area contributed by atoms with E-state index in [1.54, 1.807) is 30.6 Å². The van der Waals surface area contributed by atoms with Crippen LogP contribution in [0.4, 0.5) is 11.4 Å². The van der Waals surface area contributed by atoms with Crippen molar-refractivity contribution < 1.29 is 9.59 Å². The van der Waals surface area contributed by atoms with E-state index in [9.17, 15) is 9.59 Å². The molecule has 3 aromatic rings. The molecule has 0 aliphatic rings. The molecule has 2 aromatic heterocycles. The lowest BCUT2D eigenvalue weighted by Gasteiger charge is -2.18. The fourth-order valence-electron chi connectivity index (χ4n) is 2.57. The highest BCUT2D eigenvalue weighted by Gasteiger charge is 2.15. The molecule has 3 rings (SSSR count). The van der Waals surface area contributed by atoms with Crippen LogP contribution in [0.3, 0.4) is 0 Å². The Morgan fingerprint density at radius 3 is 2.63 bits per heavy atom. The van der Waals surface area contributed by atoms with Gasteiger partial charge in [0, 0.05) is 44.4 Å². The van der Waals surface area contributed by atoms with Crippen molar-refractivity contribution in [2.24, 2.45) is 0 Å². The first-order valence-electron chi connectivity index (χ1n) is 8.38. The molecule has 2 amide bonds. The van der Waals surface area contributed by atoms with E-state index in [0.29, 0.717) is 22.7 Å². The van der Waals surface area contributed by atoms with Gasteiger partial charge in [0.25, 0.3) is 11.8 Å². The summed E-state index contributed by atoms with van der Waals surface area (Å²) in [4.78, 5) is 31.5. The molecule has 2 heterocycles. The van der Waals surface area contributed by atoms with Crippen LogP contribution in [0.25, 0.3) is 0 Å². The molecule has 27 heavy (non-hydrogen) atoms. The van der Waals surface area contributed by atoms with Gasteiger partial charge in [0.05, 0.1) is 10.4 Å². The van der Waals surface area contributed by atoms with Gasteiger partial charge in [0.2, 0.25) is 0 Å². The molecule has 0 fully saturated rings. The molecule has 0 aliphatic carbocycles. The molecule has 138 valence electrons. The third-order valence-corrected chi connectivity index (χ3v) is 4.77. The van der Waals surface area contributed by atoms with E-state index >= 15 is 0 Å². The molecule has 6 nitrogen and oxygen atoms in total. The molecule has 0 saturated heterocycles.